The Hall–Kier alpha value is -3.00. The number of carbonyl (C=O) groups is 1. The van der Waals surface area contributed by atoms with E-state index in [9.17, 15) is 9.90 Å². The van der Waals surface area contributed by atoms with Crippen molar-refractivity contribution in [2.24, 2.45) is 5.73 Å². The molecule has 2 aromatic rings. The number of pyridine rings is 2. The minimum Gasteiger partial charge on any atom is -0.404 e. The maximum Gasteiger partial charge on any atom is 0.255 e. The van der Waals surface area contributed by atoms with Crippen LogP contribution in [0.15, 0.2) is 24.5 Å². The maximum absolute atomic E-state index is 12.7. The van der Waals surface area contributed by atoms with Crippen molar-refractivity contribution >= 4 is 34.4 Å². The summed E-state index contributed by atoms with van der Waals surface area (Å²) in [5.41, 5.74) is 7.81. The van der Waals surface area contributed by atoms with Crippen LogP contribution in [0.2, 0.25) is 0 Å². The van der Waals surface area contributed by atoms with Crippen molar-refractivity contribution in [1.29, 1.82) is 5.41 Å². The molecule has 0 atom stereocenters. The van der Waals surface area contributed by atoms with Gasteiger partial charge in [-0.15, -0.1) is 0 Å². The molecule has 0 unspecified atom stereocenters. The first-order valence-electron chi connectivity index (χ1n) is 9.16. The van der Waals surface area contributed by atoms with Gasteiger partial charge in [0.2, 0.25) is 0 Å². The van der Waals surface area contributed by atoms with E-state index in [1.165, 1.54) is 12.4 Å². The molecule has 0 spiro atoms. The van der Waals surface area contributed by atoms with E-state index >= 15 is 0 Å². The standard InChI is InChI=1S/C20H28N6O2/c1-12(2)25-17-14(19(27)23-8-7-20(3,4)28)11-24-16-6-5-15(26-18(16)17)13(9-21)10-22/h5-6,9-12,21,28H,7-8,22H2,1-4H3,(H,23,27)(H,24,25)/b13-10+,21-9?. The number of aliphatic hydroxyl groups is 1. The Morgan fingerprint density at radius 3 is 2.68 bits per heavy atom. The Kier molecular flexibility index (Phi) is 6.69. The zero-order chi connectivity index (χ0) is 20.9. The van der Waals surface area contributed by atoms with E-state index in [4.69, 9.17) is 11.1 Å². The number of nitrogens with one attached hydrogen (secondary N) is 3. The van der Waals surface area contributed by atoms with Gasteiger partial charge in [-0.05, 0) is 46.2 Å². The fraction of sp³-hybridized carbons (Fsp3) is 0.400. The van der Waals surface area contributed by atoms with Crippen molar-refractivity contribution in [2.45, 2.75) is 45.8 Å². The van der Waals surface area contributed by atoms with Crippen LogP contribution < -0.4 is 16.4 Å². The largest absolute Gasteiger partial charge is 0.404 e. The zero-order valence-electron chi connectivity index (χ0n) is 16.7. The molecule has 0 aliphatic rings. The number of fused-ring (bicyclic) bond motifs is 1. The van der Waals surface area contributed by atoms with Gasteiger partial charge in [0.15, 0.2) is 0 Å². The van der Waals surface area contributed by atoms with Crippen molar-refractivity contribution in [3.63, 3.8) is 0 Å². The smallest absolute Gasteiger partial charge is 0.255 e. The highest BCUT2D eigenvalue weighted by molar-refractivity contribution is 6.09. The van der Waals surface area contributed by atoms with Crippen LogP contribution in [0.1, 0.15) is 50.2 Å². The van der Waals surface area contributed by atoms with Gasteiger partial charge < -0.3 is 26.9 Å². The van der Waals surface area contributed by atoms with Gasteiger partial charge in [0.1, 0.15) is 5.52 Å². The Morgan fingerprint density at radius 2 is 2.11 bits per heavy atom. The predicted octanol–water partition coefficient (Wildman–Crippen LogP) is 2.29. The van der Waals surface area contributed by atoms with Crippen LogP contribution in [0.3, 0.4) is 0 Å². The van der Waals surface area contributed by atoms with Gasteiger partial charge in [0.05, 0.1) is 28.1 Å². The first-order chi connectivity index (χ1) is 13.2. The molecular formula is C20H28N6O2. The first-order valence-corrected chi connectivity index (χ1v) is 9.16. The second kappa shape index (κ2) is 8.79. The third kappa shape index (κ3) is 5.26. The molecule has 0 fully saturated rings. The molecule has 0 aromatic carbocycles. The molecule has 0 saturated heterocycles. The van der Waals surface area contributed by atoms with Crippen molar-refractivity contribution in [3.05, 3.63) is 35.8 Å². The number of nitrogens with two attached hydrogens (primary N) is 1. The Balaban J connectivity index is 2.49. The molecule has 1 amide bonds. The number of anilines is 1. The van der Waals surface area contributed by atoms with Crippen LogP contribution in [0.25, 0.3) is 16.6 Å². The number of amides is 1. The Morgan fingerprint density at radius 1 is 1.39 bits per heavy atom. The molecule has 6 N–H and O–H groups in total. The summed E-state index contributed by atoms with van der Waals surface area (Å²) in [4.78, 5) is 21.7. The quantitative estimate of drug-likeness (QED) is 0.443. The zero-order valence-corrected chi connectivity index (χ0v) is 16.7. The molecule has 0 radical (unpaired) electrons. The van der Waals surface area contributed by atoms with Crippen LogP contribution >= 0.6 is 0 Å². The van der Waals surface area contributed by atoms with E-state index in [1.54, 1.807) is 26.0 Å². The summed E-state index contributed by atoms with van der Waals surface area (Å²) in [6, 6.07) is 3.58. The average Bonchev–Trinajstić information content (AvgIpc) is 2.61. The normalized spacial score (nSPS) is 12.3. The van der Waals surface area contributed by atoms with E-state index in [-0.39, 0.29) is 11.9 Å². The molecular weight excluding hydrogens is 356 g/mol. The fourth-order valence-corrected chi connectivity index (χ4v) is 2.62. The summed E-state index contributed by atoms with van der Waals surface area (Å²) in [7, 11) is 0. The third-order valence-corrected chi connectivity index (χ3v) is 4.04. The van der Waals surface area contributed by atoms with Gasteiger partial charge >= 0.3 is 0 Å². The van der Waals surface area contributed by atoms with E-state index < -0.39 is 5.60 Å². The summed E-state index contributed by atoms with van der Waals surface area (Å²) in [5, 5.41) is 23.4. The SMILES string of the molecule is CC(C)Nc1c(C(=O)NCCC(C)(C)O)cnc2ccc(/C(C=N)=C/N)nc12. The minimum atomic E-state index is -0.859. The first kappa shape index (κ1) is 21.3. The lowest BCUT2D eigenvalue weighted by Gasteiger charge is -2.19. The highest BCUT2D eigenvalue weighted by Gasteiger charge is 2.19. The van der Waals surface area contributed by atoms with E-state index in [1.807, 2.05) is 13.8 Å². The fourth-order valence-electron chi connectivity index (χ4n) is 2.62. The monoisotopic (exact) mass is 384 g/mol. The second-order valence-electron chi connectivity index (χ2n) is 7.49. The number of carbonyl (C=O) groups excluding carboxylic acids is 1. The van der Waals surface area contributed by atoms with Crippen LogP contribution in [0.5, 0.6) is 0 Å². The molecule has 0 aliphatic carbocycles. The number of hydrogen-bond acceptors (Lipinski definition) is 7. The van der Waals surface area contributed by atoms with Crippen molar-refractivity contribution in [1.82, 2.24) is 15.3 Å². The maximum atomic E-state index is 12.7. The molecule has 0 saturated carbocycles. The summed E-state index contributed by atoms with van der Waals surface area (Å²) < 4.78 is 0. The van der Waals surface area contributed by atoms with E-state index in [0.29, 0.717) is 46.5 Å². The lowest BCUT2D eigenvalue weighted by atomic mass is 10.1. The molecule has 2 aromatic heterocycles. The second-order valence-corrected chi connectivity index (χ2v) is 7.49. The van der Waals surface area contributed by atoms with Crippen molar-refractivity contribution in [2.75, 3.05) is 11.9 Å². The van der Waals surface area contributed by atoms with E-state index in [0.717, 1.165) is 6.21 Å². The van der Waals surface area contributed by atoms with Gasteiger partial charge in [-0.25, -0.2) is 4.98 Å². The van der Waals surface area contributed by atoms with Crippen LogP contribution in [0, 0.1) is 5.41 Å². The van der Waals surface area contributed by atoms with Crippen LogP contribution in [-0.2, 0) is 0 Å². The highest BCUT2D eigenvalue weighted by atomic mass is 16.3. The molecule has 2 heterocycles. The summed E-state index contributed by atoms with van der Waals surface area (Å²) in [6.07, 6.45) is 4.39. The molecule has 8 nitrogen and oxygen atoms in total. The summed E-state index contributed by atoms with van der Waals surface area (Å²) >= 11 is 0. The summed E-state index contributed by atoms with van der Waals surface area (Å²) in [6.45, 7) is 7.66. The minimum absolute atomic E-state index is 0.0613. The average molecular weight is 384 g/mol. The van der Waals surface area contributed by atoms with Crippen molar-refractivity contribution in [3.8, 4) is 0 Å². The number of allylic oxidation sites excluding steroid dienone is 1. The number of rotatable bonds is 8. The predicted molar refractivity (Wildman–Crippen MR) is 112 cm³/mol. The molecule has 28 heavy (non-hydrogen) atoms. The molecule has 8 heteroatoms. The van der Waals surface area contributed by atoms with Crippen LogP contribution in [0.4, 0.5) is 5.69 Å². The van der Waals surface area contributed by atoms with Gasteiger partial charge in [-0.2, -0.15) is 0 Å². The third-order valence-electron chi connectivity index (χ3n) is 4.04. The molecule has 150 valence electrons. The van der Waals surface area contributed by atoms with Gasteiger partial charge in [-0.3, -0.25) is 9.78 Å². The summed E-state index contributed by atoms with van der Waals surface area (Å²) in [5.74, 6) is -0.296. The number of aromatic nitrogens is 2. The van der Waals surface area contributed by atoms with Crippen LogP contribution in [-0.4, -0.2) is 45.4 Å². The number of hydrogen-bond donors (Lipinski definition) is 5. The molecule has 0 aliphatic heterocycles. The Labute approximate surface area is 164 Å². The van der Waals surface area contributed by atoms with E-state index in [2.05, 4.69) is 20.6 Å². The number of nitrogens with zero attached hydrogens (tertiary/aromatic N) is 2. The topological polar surface area (TPSA) is 137 Å². The molecule has 0 bridgehead atoms. The Bertz CT molecular complexity index is 899. The lowest BCUT2D eigenvalue weighted by molar-refractivity contribution is 0.0693. The van der Waals surface area contributed by atoms with Gasteiger partial charge in [-0.1, -0.05) is 0 Å². The van der Waals surface area contributed by atoms with Gasteiger partial charge in [0, 0.05) is 36.8 Å². The molecule has 2 rings (SSSR count). The highest BCUT2D eigenvalue weighted by Crippen LogP contribution is 2.27. The van der Waals surface area contributed by atoms with Gasteiger partial charge in [0.25, 0.3) is 5.91 Å². The lowest BCUT2D eigenvalue weighted by Crippen LogP contribution is -2.31. The van der Waals surface area contributed by atoms with Crippen molar-refractivity contribution < 1.29 is 9.90 Å².